The molecular formula is C18H15F2N3O4. The Morgan fingerprint density at radius 3 is 2.74 bits per heavy atom. The van der Waals surface area contributed by atoms with E-state index in [0.29, 0.717) is 30.3 Å². The Morgan fingerprint density at radius 2 is 1.89 bits per heavy atom. The van der Waals surface area contributed by atoms with E-state index in [1.54, 1.807) is 18.2 Å². The van der Waals surface area contributed by atoms with Gasteiger partial charge in [0.25, 0.3) is 0 Å². The van der Waals surface area contributed by atoms with Crippen LogP contribution in [0, 0.1) is 11.6 Å². The first kappa shape index (κ1) is 17.1. The van der Waals surface area contributed by atoms with Gasteiger partial charge in [0.15, 0.2) is 11.5 Å². The molecule has 2 aliphatic heterocycles. The Balaban J connectivity index is 1.41. The summed E-state index contributed by atoms with van der Waals surface area (Å²) in [6, 6.07) is 7.56. The van der Waals surface area contributed by atoms with E-state index in [9.17, 15) is 18.4 Å². The van der Waals surface area contributed by atoms with Gasteiger partial charge in [0.2, 0.25) is 12.7 Å². The smallest absolute Gasteiger partial charge is 0.325 e. The fourth-order valence-corrected chi connectivity index (χ4v) is 2.98. The van der Waals surface area contributed by atoms with Crippen molar-refractivity contribution in [3.05, 3.63) is 48.0 Å². The van der Waals surface area contributed by atoms with Crippen LogP contribution in [0.4, 0.5) is 25.0 Å². The van der Waals surface area contributed by atoms with Gasteiger partial charge in [0.05, 0.1) is 5.69 Å². The van der Waals surface area contributed by atoms with Gasteiger partial charge in [0, 0.05) is 30.9 Å². The van der Waals surface area contributed by atoms with E-state index >= 15 is 0 Å². The van der Waals surface area contributed by atoms with Gasteiger partial charge in [-0.15, -0.1) is 0 Å². The quantitative estimate of drug-likeness (QED) is 0.892. The van der Waals surface area contributed by atoms with Crippen molar-refractivity contribution in [2.75, 3.05) is 36.6 Å². The summed E-state index contributed by atoms with van der Waals surface area (Å²) in [4.78, 5) is 27.5. The molecule has 4 rings (SSSR count). The van der Waals surface area contributed by atoms with E-state index in [0.717, 1.165) is 18.2 Å². The lowest BCUT2D eigenvalue weighted by Crippen LogP contribution is -2.37. The molecule has 3 amide bonds. The number of benzene rings is 2. The summed E-state index contributed by atoms with van der Waals surface area (Å²) in [5, 5.41) is 2.28. The topological polar surface area (TPSA) is 71.1 Å². The van der Waals surface area contributed by atoms with Crippen molar-refractivity contribution in [1.82, 2.24) is 4.90 Å². The zero-order valence-electron chi connectivity index (χ0n) is 14.1. The van der Waals surface area contributed by atoms with E-state index in [1.807, 2.05) is 0 Å². The van der Waals surface area contributed by atoms with Crippen molar-refractivity contribution in [3.8, 4) is 11.5 Å². The van der Waals surface area contributed by atoms with E-state index in [-0.39, 0.29) is 25.1 Å². The maximum absolute atomic E-state index is 13.6. The van der Waals surface area contributed by atoms with Crippen molar-refractivity contribution in [3.63, 3.8) is 0 Å². The first-order chi connectivity index (χ1) is 13.0. The number of hydrogen-bond acceptors (Lipinski definition) is 4. The minimum absolute atomic E-state index is 0.135. The Labute approximate surface area is 153 Å². The number of urea groups is 1. The number of fused-ring (bicyclic) bond motifs is 1. The Morgan fingerprint density at radius 1 is 1.07 bits per heavy atom. The second kappa shape index (κ2) is 6.75. The highest BCUT2D eigenvalue weighted by Crippen LogP contribution is 2.36. The minimum atomic E-state index is -0.750. The van der Waals surface area contributed by atoms with Crippen LogP contribution in [-0.2, 0) is 4.79 Å². The lowest BCUT2D eigenvalue weighted by Gasteiger charge is -2.18. The molecule has 2 aliphatic rings. The van der Waals surface area contributed by atoms with Crippen molar-refractivity contribution in [2.45, 2.75) is 0 Å². The average Bonchev–Trinajstić information content (AvgIpc) is 3.24. The second-order valence-electron chi connectivity index (χ2n) is 6.07. The normalized spacial score (nSPS) is 15.4. The second-order valence-corrected chi connectivity index (χ2v) is 6.07. The zero-order chi connectivity index (χ0) is 19.0. The molecule has 0 spiro atoms. The van der Waals surface area contributed by atoms with Crippen LogP contribution < -0.4 is 19.7 Å². The molecule has 0 aliphatic carbocycles. The van der Waals surface area contributed by atoms with Crippen LogP contribution in [0.15, 0.2) is 36.4 Å². The number of nitrogens with one attached hydrogen (secondary N) is 1. The monoisotopic (exact) mass is 375 g/mol. The number of amides is 3. The van der Waals surface area contributed by atoms with Crippen LogP contribution in [0.3, 0.4) is 0 Å². The van der Waals surface area contributed by atoms with Gasteiger partial charge in [-0.2, -0.15) is 0 Å². The van der Waals surface area contributed by atoms with Gasteiger partial charge in [0.1, 0.15) is 18.2 Å². The molecule has 1 N–H and O–H groups in total. The number of nitrogens with zero attached hydrogens (tertiary/aromatic N) is 2. The van der Waals surface area contributed by atoms with E-state index < -0.39 is 17.5 Å². The summed E-state index contributed by atoms with van der Waals surface area (Å²) in [5.41, 5.74) is 0.364. The van der Waals surface area contributed by atoms with Crippen molar-refractivity contribution in [1.29, 1.82) is 0 Å². The molecule has 0 atom stereocenters. The summed E-state index contributed by atoms with van der Waals surface area (Å²) in [6.45, 7) is 0.581. The van der Waals surface area contributed by atoms with Gasteiger partial charge in [-0.3, -0.25) is 9.69 Å². The molecule has 140 valence electrons. The number of hydrogen-bond donors (Lipinski definition) is 1. The Bertz CT molecular complexity index is 921. The van der Waals surface area contributed by atoms with Gasteiger partial charge < -0.3 is 19.7 Å². The van der Waals surface area contributed by atoms with Crippen LogP contribution in [0.2, 0.25) is 0 Å². The average molecular weight is 375 g/mol. The maximum atomic E-state index is 13.6. The summed E-state index contributed by atoms with van der Waals surface area (Å²) in [6.07, 6.45) is 0. The van der Waals surface area contributed by atoms with Crippen LogP contribution in [-0.4, -0.2) is 43.3 Å². The largest absolute Gasteiger partial charge is 0.454 e. The van der Waals surface area contributed by atoms with Gasteiger partial charge >= 0.3 is 6.03 Å². The van der Waals surface area contributed by atoms with Crippen LogP contribution in [0.1, 0.15) is 0 Å². The molecule has 0 saturated carbocycles. The summed E-state index contributed by atoms with van der Waals surface area (Å²) in [5.74, 6) is -0.866. The standard InChI is InChI=1S/C18H15F2N3O4/c19-11-1-3-13(20)14(7-11)21-17(24)9-22-5-6-23(18(22)25)12-2-4-15-16(8-12)27-10-26-15/h1-4,7-8H,5-6,9-10H2,(H,21,24). The predicted octanol–water partition coefficient (Wildman–Crippen LogP) is 2.57. The van der Waals surface area contributed by atoms with Gasteiger partial charge in [-0.1, -0.05) is 0 Å². The third kappa shape index (κ3) is 3.35. The number of rotatable bonds is 4. The van der Waals surface area contributed by atoms with Crippen LogP contribution in [0.5, 0.6) is 11.5 Å². The van der Waals surface area contributed by atoms with Crippen LogP contribution in [0.25, 0.3) is 0 Å². The third-order valence-corrected chi connectivity index (χ3v) is 4.30. The summed E-state index contributed by atoms with van der Waals surface area (Å²) in [7, 11) is 0. The first-order valence-corrected chi connectivity index (χ1v) is 8.22. The minimum Gasteiger partial charge on any atom is -0.454 e. The van der Waals surface area contributed by atoms with Crippen molar-refractivity contribution < 1.29 is 27.8 Å². The third-order valence-electron chi connectivity index (χ3n) is 4.30. The van der Waals surface area contributed by atoms with Crippen LogP contribution >= 0.6 is 0 Å². The molecule has 2 aromatic carbocycles. The molecule has 2 aromatic rings. The maximum Gasteiger partial charge on any atom is 0.325 e. The fourth-order valence-electron chi connectivity index (χ4n) is 2.98. The molecule has 9 heteroatoms. The highest BCUT2D eigenvalue weighted by atomic mass is 19.1. The van der Waals surface area contributed by atoms with Gasteiger partial charge in [-0.05, 0) is 24.3 Å². The molecule has 0 radical (unpaired) electrons. The number of anilines is 2. The van der Waals surface area contributed by atoms with E-state index in [4.69, 9.17) is 9.47 Å². The molecular weight excluding hydrogens is 360 g/mol. The highest BCUT2D eigenvalue weighted by Gasteiger charge is 2.32. The SMILES string of the molecule is O=C(CN1CCN(c2ccc3c(c2)OCO3)C1=O)Nc1cc(F)ccc1F. The fraction of sp³-hybridized carbons (Fsp3) is 0.222. The predicted molar refractivity (Wildman–Crippen MR) is 91.9 cm³/mol. The lowest BCUT2D eigenvalue weighted by molar-refractivity contribution is -0.116. The molecule has 1 fully saturated rings. The number of halogens is 2. The van der Waals surface area contributed by atoms with E-state index in [2.05, 4.69) is 5.32 Å². The molecule has 0 aromatic heterocycles. The Hall–Kier alpha value is -3.36. The molecule has 2 heterocycles. The highest BCUT2D eigenvalue weighted by molar-refractivity contribution is 5.99. The molecule has 27 heavy (non-hydrogen) atoms. The molecule has 7 nitrogen and oxygen atoms in total. The van der Waals surface area contributed by atoms with Crippen molar-refractivity contribution >= 4 is 23.3 Å². The number of carbonyl (C=O) groups excluding carboxylic acids is 2. The molecule has 1 saturated heterocycles. The lowest BCUT2D eigenvalue weighted by atomic mass is 10.2. The first-order valence-electron chi connectivity index (χ1n) is 8.22. The zero-order valence-corrected chi connectivity index (χ0v) is 14.1. The Kier molecular flexibility index (Phi) is 4.27. The number of carbonyl (C=O) groups is 2. The van der Waals surface area contributed by atoms with E-state index in [1.165, 1.54) is 9.80 Å². The molecule has 0 unspecified atom stereocenters. The summed E-state index contributed by atoms with van der Waals surface area (Å²) >= 11 is 0. The van der Waals surface area contributed by atoms with Crippen molar-refractivity contribution in [2.24, 2.45) is 0 Å². The molecule has 0 bridgehead atoms. The summed E-state index contributed by atoms with van der Waals surface area (Å²) < 4.78 is 37.4. The van der Waals surface area contributed by atoms with Gasteiger partial charge in [-0.25, -0.2) is 13.6 Å². The number of ether oxygens (including phenoxy) is 2.